The van der Waals surface area contributed by atoms with Crippen LogP contribution in [-0.2, 0) is 11.3 Å². The van der Waals surface area contributed by atoms with Crippen LogP contribution in [0.2, 0.25) is 0 Å². The smallest absolute Gasteiger partial charge is 0.342 e. The summed E-state index contributed by atoms with van der Waals surface area (Å²) in [6.45, 7) is 2.81. The minimum absolute atomic E-state index is 0.224. The molecule has 0 fully saturated rings. The number of benzene rings is 1. The molecule has 25 heavy (non-hydrogen) atoms. The van der Waals surface area contributed by atoms with Crippen molar-refractivity contribution in [3.63, 3.8) is 0 Å². The van der Waals surface area contributed by atoms with Crippen LogP contribution in [0.1, 0.15) is 39.6 Å². The van der Waals surface area contributed by atoms with Gasteiger partial charge >= 0.3 is 11.9 Å². The molecule has 8 nitrogen and oxygen atoms in total. The number of aromatic nitrogens is 1. The lowest BCUT2D eigenvalue weighted by molar-refractivity contribution is 0.0695. The monoisotopic (exact) mass is 346 g/mol. The highest BCUT2D eigenvalue weighted by Gasteiger charge is 2.26. The number of hydrogen-bond acceptors (Lipinski definition) is 5. The maximum absolute atomic E-state index is 12.0. The Morgan fingerprint density at radius 2 is 1.88 bits per heavy atom. The number of aromatic carboxylic acids is 2. The first-order chi connectivity index (χ1) is 11.9. The van der Waals surface area contributed by atoms with Crippen molar-refractivity contribution < 1.29 is 24.5 Å². The van der Waals surface area contributed by atoms with E-state index < -0.39 is 34.4 Å². The average Bonchev–Trinajstić information content (AvgIpc) is 2.53. The first-order valence-corrected chi connectivity index (χ1v) is 7.56. The van der Waals surface area contributed by atoms with E-state index in [0.29, 0.717) is 6.61 Å². The molecule has 0 unspecified atom stereocenters. The van der Waals surface area contributed by atoms with E-state index in [1.54, 1.807) is 18.2 Å². The van der Waals surface area contributed by atoms with Crippen LogP contribution in [0.5, 0.6) is 0 Å². The zero-order valence-electron chi connectivity index (χ0n) is 13.5. The number of nitrogens with one attached hydrogen (secondary N) is 1. The topological polar surface area (TPSA) is 143 Å². The van der Waals surface area contributed by atoms with Gasteiger partial charge in [-0.25, -0.2) is 9.59 Å². The molecule has 0 aliphatic carbocycles. The number of carbonyl (C=O) groups is 2. The number of carboxylic acid groups (broad SMARTS) is 2. The maximum Gasteiger partial charge on any atom is 0.342 e. The van der Waals surface area contributed by atoms with Gasteiger partial charge in [0, 0.05) is 12.2 Å². The number of H-pyrrole nitrogens is 1. The molecular formula is C17H18N2O6. The van der Waals surface area contributed by atoms with Gasteiger partial charge < -0.3 is 25.7 Å². The summed E-state index contributed by atoms with van der Waals surface area (Å²) in [6.07, 6.45) is 0.844. The van der Waals surface area contributed by atoms with Crippen molar-refractivity contribution in [2.24, 2.45) is 0 Å². The molecule has 0 saturated heterocycles. The predicted molar refractivity (Wildman–Crippen MR) is 90.8 cm³/mol. The Morgan fingerprint density at radius 3 is 2.48 bits per heavy atom. The lowest BCUT2D eigenvalue weighted by Crippen LogP contribution is -2.24. The zero-order valence-corrected chi connectivity index (χ0v) is 13.5. The van der Waals surface area contributed by atoms with Gasteiger partial charge in [0.25, 0.3) is 5.56 Å². The summed E-state index contributed by atoms with van der Waals surface area (Å²) in [5.74, 6) is -3.37. The van der Waals surface area contributed by atoms with Gasteiger partial charge in [-0.05, 0) is 23.6 Å². The molecule has 8 heteroatoms. The van der Waals surface area contributed by atoms with E-state index in [0.717, 1.165) is 12.0 Å². The van der Waals surface area contributed by atoms with Crippen molar-refractivity contribution in [2.75, 3.05) is 12.3 Å². The van der Waals surface area contributed by atoms with Crippen LogP contribution in [0.25, 0.3) is 11.1 Å². The number of aromatic amines is 1. The molecule has 0 saturated carbocycles. The first kappa shape index (κ1) is 18.2. The number of pyridine rings is 1. The summed E-state index contributed by atoms with van der Waals surface area (Å²) in [5.41, 5.74) is 4.29. The van der Waals surface area contributed by atoms with Crippen molar-refractivity contribution in [3.8, 4) is 11.1 Å². The molecule has 0 atom stereocenters. The maximum atomic E-state index is 12.0. The largest absolute Gasteiger partial charge is 0.478 e. The Labute approximate surface area is 142 Å². The van der Waals surface area contributed by atoms with Gasteiger partial charge in [-0.15, -0.1) is 0 Å². The van der Waals surface area contributed by atoms with Crippen molar-refractivity contribution in [3.05, 3.63) is 51.3 Å². The van der Waals surface area contributed by atoms with Crippen molar-refractivity contribution >= 4 is 17.8 Å². The van der Waals surface area contributed by atoms with Crippen LogP contribution >= 0.6 is 0 Å². The van der Waals surface area contributed by atoms with E-state index >= 15 is 0 Å². The summed E-state index contributed by atoms with van der Waals surface area (Å²) in [7, 11) is 0. The summed E-state index contributed by atoms with van der Waals surface area (Å²) in [6, 6.07) is 6.50. The second kappa shape index (κ2) is 7.63. The van der Waals surface area contributed by atoms with Crippen molar-refractivity contribution in [2.45, 2.75) is 20.0 Å². The number of rotatable bonds is 7. The zero-order chi connectivity index (χ0) is 18.6. The summed E-state index contributed by atoms with van der Waals surface area (Å²) >= 11 is 0. The molecule has 0 spiro atoms. The van der Waals surface area contributed by atoms with Crippen LogP contribution < -0.4 is 11.3 Å². The molecule has 132 valence electrons. The van der Waals surface area contributed by atoms with Gasteiger partial charge in [0.2, 0.25) is 0 Å². The van der Waals surface area contributed by atoms with E-state index in [4.69, 9.17) is 10.5 Å². The fourth-order valence-electron chi connectivity index (χ4n) is 2.49. The Bertz CT molecular complexity index is 872. The fourth-order valence-corrected chi connectivity index (χ4v) is 2.49. The minimum atomic E-state index is -1.54. The Balaban J connectivity index is 2.69. The normalized spacial score (nSPS) is 10.6. The number of nitrogens with two attached hydrogens (primary N) is 1. The van der Waals surface area contributed by atoms with Gasteiger partial charge in [0.1, 0.15) is 16.9 Å². The number of carboxylic acids is 2. The molecule has 1 heterocycles. The molecule has 5 N–H and O–H groups in total. The van der Waals surface area contributed by atoms with E-state index in [2.05, 4.69) is 4.98 Å². The highest BCUT2D eigenvalue weighted by atomic mass is 16.5. The molecule has 0 bridgehead atoms. The van der Waals surface area contributed by atoms with Gasteiger partial charge in [-0.2, -0.15) is 0 Å². The molecular weight excluding hydrogens is 328 g/mol. The van der Waals surface area contributed by atoms with Gasteiger partial charge in [-0.1, -0.05) is 25.1 Å². The molecule has 0 amide bonds. The molecule has 0 aliphatic rings. The second-order valence-electron chi connectivity index (χ2n) is 5.36. The standard InChI is InChI=1S/C17H18N2O6/c1-2-6-25-8-9-4-3-5-10(7-9)11-12(16(21)22)14(18)19-15(20)13(11)17(23)24/h3-5,7H,2,6,8H2,1H3,(H,21,22)(H,23,24)(H3,18,19,20). The molecule has 2 rings (SSSR count). The lowest BCUT2D eigenvalue weighted by atomic mass is 9.94. The molecule has 1 aromatic heterocycles. The predicted octanol–water partition coefficient (Wildman–Crippen LogP) is 1.95. The highest BCUT2D eigenvalue weighted by molar-refractivity contribution is 6.07. The fraction of sp³-hybridized carbons (Fsp3) is 0.235. The summed E-state index contributed by atoms with van der Waals surface area (Å²) < 4.78 is 5.44. The summed E-state index contributed by atoms with van der Waals surface area (Å²) in [5, 5.41) is 18.8. The third-order valence-electron chi connectivity index (χ3n) is 3.51. The van der Waals surface area contributed by atoms with Crippen LogP contribution in [0.4, 0.5) is 5.82 Å². The number of hydrogen-bond donors (Lipinski definition) is 4. The molecule has 2 aromatic rings. The Hall–Kier alpha value is -3.13. The minimum Gasteiger partial charge on any atom is -0.478 e. The van der Waals surface area contributed by atoms with E-state index in [1.165, 1.54) is 6.07 Å². The quantitative estimate of drug-likeness (QED) is 0.561. The van der Waals surface area contributed by atoms with E-state index in [9.17, 15) is 24.6 Å². The Kier molecular flexibility index (Phi) is 5.56. The third kappa shape index (κ3) is 3.86. The van der Waals surface area contributed by atoms with Gasteiger partial charge in [0.05, 0.1) is 6.61 Å². The third-order valence-corrected chi connectivity index (χ3v) is 3.51. The SMILES string of the molecule is CCCOCc1cccc(-c2c(C(=O)O)c(N)[nH]c(=O)c2C(=O)O)c1. The van der Waals surface area contributed by atoms with Crippen LogP contribution in [-0.4, -0.2) is 33.7 Å². The first-order valence-electron chi connectivity index (χ1n) is 7.56. The second-order valence-corrected chi connectivity index (χ2v) is 5.36. The van der Waals surface area contributed by atoms with Gasteiger partial charge in [0.15, 0.2) is 0 Å². The number of ether oxygens (including phenoxy) is 1. The van der Waals surface area contributed by atoms with Crippen molar-refractivity contribution in [1.82, 2.24) is 4.98 Å². The number of anilines is 1. The number of nitrogen functional groups attached to an aromatic ring is 1. The average molecular weight is 346 g/mol. The molecule has 0 radical (unpaired) electrons. The molecule has 1 aromatic carbocycles. The highest BCUT2D eigenvalue weighted by Crippen LogP contribution is 2.29. The van der Waals surface area contributed by atoms with Crippen molar-refractivity contribution in [1.29, 1.82) is 0 Å². The van der Waals surface area contributed by atoms with Crippen LogP contribution in [0, 0.1) is 0 Å². The summed E-state index contributed by atoms with van der Waals surface area (Å²) in [4.78, 5) is 37.2. The van der Waals surface area contributed by atoms with Crippen LogP contribution in [0.15, 0.2) is 29.1 Å². The lowest BCUT2D eigenvalue weighted by Gasteiger charge is -2.13. The van der Waals surface area contributed by atoms with Gasteiger partial charge in [-0.3, -0.25) is 4.79 Å². The van der Waals surface area contributed by atoms with E-state index in [-0.39, 0.29) is 17.7 Å². The van der Waals surface area contributed by atoms with Crippen LogP contribution in [0.3, 0.4) is 0 Å². The Morgan fingerprint density at radius 1 is 1.20 bits per heavy atom. The molecule has 0 aliphatic heterocycles. The van der Waals surface area contributed by atoms with E-state index in [1.807, 2.05) is 6.92 Å².